The molecule has 83 valence electrons. The smallest absolute Gasteiger partial charge is 0.0458 e. The van der Waals surface area contributed by atoms with E-state index in [1.54, 1.807) is 0 Å². The monoisotopic (exact) mass is 274 g/mol. The molecule has 1 radical (unpaired) electrons. The van der Waals surface area contributed by atoms with Crippen molar-refractivity contribution in [2.24, 2.45) is 5.92 Å². The van der Waals surface area contributed by atoms with Crippen LogP contribution in [-0.4, -0.2) is 24.8 Å². The molecule has 0 bridgehead atoms. The maximum atomic E-state index is 9.00. The molecule has 0 aromatic heterocycles. The predicted molar refractivity (Wildman–Crippen MR) is 57.2 cm³/mol. The first-order chi connectivity index (χ1) is 6.35. The van der Waals surface area contributed by atoms with Gasteiger partial charge in [-0.05, 0) is 31.8 Å². The van der Waals surface area contributed by atoms with Crippen molar-refractivity contribution in [1.82, 2.24) is 5.32 Å². The molecule has 0 aromatic carbocycles. The van der Waals surface area contributed by atoms with Crippen molar-refractivity contribution in [2.45, 2.75) is 32.1 Å². The molecular formula is C11H23NOY-2. The molecule has 1 unspecified atom stereocenters. The zero-order valence-electron chi connectivity index (χ0n) is 9.17. The second-order valence-corrected chi connectivity index (χ2v) is 3.44. The van der Waals surface area contributed by atoms with E-state index in [1.807, 2.05) is 0 Å². The van der Waals surface area contributed by atoms with Gasteiger partial charge in [0.15, 0.2) is 0 Å². The van der Waals surface area contributed by atoms with Gasteiger partial charge in [-0.25, -0.2) is 0 Å². The normalized spacial score (nSPS) is 12.2. The quantitative estimate of drug-likeness (QED) is 0.496. The van der Waals surface area contributed by atoms with E-state index in [4.69, 9.17) is 5.11 Å². The first kappa shape index (κ1) is 17.4. The molecule has 0 spiro atoms. The van der Waals surface area contributed by atoms with E-state index in [0.29, 0.717) is 12.5 Å². The van der Waals surface area contributed by atoms with Crippen LogP contribution in [0.2, 0.25) is 0 Å². The second-order valence-electron chi connectivity index (χ2n) is 3.44. The van der Waals surface area contributed by atoms with Crippen LogP contribution in [0.25, 0.3) is 0 Å². The third-order valence-electron chi connectivity index (χ3n) is 2.19. The number of rotatable bonds is 9. The summed E-state index contributed by atoms with van der Waals surface area (Å²) in [6, 6.07) is 0. The van der Waals surface area contributed by atoms with Gasteiger partial charge >= 0.3 is 0 Å². The molecule has 2 nitrogen and oxygen atoms in total. The summed E-state index contributed by atoms with van der Waals surface area (Å²) >= 11 is 0. The number of nitrogens with one attached hydrogen (secondary N) is 1. The van der Waals surface area contributed by atoms with Crippen molar-refractivity contribution in [1.29, 1.82) is 0 Å². The zero-order valence-corrected chi connectivity index (χ0v) is 12.0. The Balaban J connectivity index is 0. The number of hydrogen-bond donors (Lipinski definition) is 2. The number of aliphatic hydroxyl groups is 1. The summed E-state index contributed by atoms with van der Waals surface area (Å²) in [5, 5.41) is 12.3. The van der Waals surface area contributed by atoms with E-state index in [9.17, 15) is 0 Å². The number of hydrogen-bond acceptors (Lipinski definition) is 2. The van der Waals surface area contributed by atoms with E-state index in [2.05, 4.69) is 19.2 Å². The fourth-order valence-corrected chi connectivity index (χ4v) is 1.38. The zero-order chi connectivity index (χ0) is 9.94. The maximum absolute atomic E-state index is 9.00. The van der Waals surface area contributed by atoms with E-state index in [0.717, 1.165) is 45.2 Å². The van der Waals surface area contributed by atoms with Crippen LogP contribution in [0.5, 0.6) is 0 Å². The van der Waals surface area contributed by atoms with E-state index in [-0.39, 0.29) is 32.7 Å². The van der Waals surface area contributed by atoms with Gasteiger partial charge in [0.1, 0.15) is 0 Å². The molecule has 0 aliphatic heterocycles. The van der Waals surface area contributed by atoms with Gasteiger partial charge in [0.25, 0.3) is 0 Å². The topological polar surface area (TPSA) is 32.3 Å². The molecule has 0 saturated heterocycles. The SMILES string of the molecule is [CH2-]CCNCCCC(CO)CC[CH2-].[Y]. The molecule has 1 atom stereocenters. The minimum Gasteiger partial charge on any atom is -0.396 e. The molecule has 0 heterocycles. The standard InChI is InChI=1S/C11H23NO.Y/c1-3-6-11(10-13)7-5-9-12-8-4-2;/h11-13H,1-10H2;/q-2;. The van der Waals surface area contributed by atoms with E-state index < -0.39 is 0 Å². The van der Waals surface area contributed by atoms with E-state index in [1.165, 1.54) is 0 Å². The van der Waals surface area contributed by atoms with Gasteiger partial charge in [-0.15, -0.1) is 0 Å². The minimum absolute atomic E-state index is 0. The number of aliphatic hydroxyl groups excluding tert-OH is 1. The summed E-state index contributed by atoms with van der Waals surface area (Å²) in [4.78, 5) is 0. The molecule has 0 amide bonds. The Bertz CT molecular complexity index is 101. The third-order valence-corrected chi connectivity index (χ3v) is 2.19. The molecule has 0 rings (SSSR count). The molecule has 0 aromatic rings. The molecular weight excluding hydrogens is 251 g/mol. The molecule has 0 fully saturated rings. The molecule has 0 aliphatic rings. The molecule has 0 aliphatic carbocycles. The molecule has 14 heavy (non-hydrogen) atoms. The van der Waals surface area contributed by atoms with Gasteiger partial charge in [-0.3, -0.25) is 0 Å². The van der Waals surface area contributed by atoms with Crippen LogP contribution in [0.15, 0.2) is 0 Å². The van der Waals surface area contributed by atoms with Crippen molar-refractivity contribution in [3.63, 3.8) is 0 Å². The summed E-state index contributed by atoms with van der Waals surface area (Å²) in [6.45, 7) is 9.90. The summed E-state index contributed by atoms with van der Waals surface area (Å²) in [6.07, 6.45) is 5.17. The van der Waals surface area contributed by atoms with Gasteiger partial charge in [-0.1, -0.05) is 6.42 Å². The average Bonchev–Trinajstić information content (AvgIpc) is 2.16. The fraction of sp³-hybridized carbons (Fsp3) is 0.818. The Kier molecular flexibility index (Phi) is 17.4. The Labute approximate surface area is 114 Å². The van der Waals surface area contributed by atoms with Crippen molar-refractivity contribution in [3.8, 4) is 0 Å². The summed E-state index contributed by atoms with van der Waals surface area (Å²) in [7, 11) is 0. The van der Waals surface area contributed by atoms with Crippen LogP contribution in [0.1, 0.15) is 32.1 Å². The Hall–Kier alpha value is 1.02. The first-order valence-electron chi connectivity index (χ1n) is 5.25. The second kappa shape index (κ2) is 14.0. The van der Waals surface area contributed by atoms with Crippen LogP contribution >= 0.6 is 0 Å². The molecule has 0 saturated carbocycles. The average molecular weight is 274 g/mol. The minimum atomic E-state index is 0. The predicted octanol–water partition coefficient (Wildman–Crippen LogP) is 1.80. The van der Waals surface area contributed by atoms with Gasteiger partial charge in [0, 0.05) is 39.3 Å². The Morgan fingerprint density at radius 1 is 1.07 bits per heavy atom. The van der Waals surface area contributed by atoms with Gasteiger partial charge in [-0.2, -0.15) is 12.8 Å². The van der Waals surface area contributed by atoms with Crippen molar-refractivity contribution in [3.05, 3.63) is 13.8 Å². The van der Waals surface area contributed by atoms with Crippen LogP contribution in [-0.2, 0) is 32.7 Å². The first-order valence-corrected chi connectivity index (χ1v) is 5.25. The Morgan fingerprint density at radius 2 is 1.79 bits per heavy atom. The van der Waals surface area contributed by atoms with Crippen LogP contribution in [0.4, 0.5) is 0 Å². The van der Waals surface area contributed by atoms with E-state index >= 15 is 0 Å². The van der Waals surface area contributed by atoms with Crippen molar-refractivity contribution >= 4 is 0 Å². The van der Waals surface area contributed by atoms with Gasteiger partial charge < -0.3 is 24.3 Å². The van der Waals surface area contributed by atoms with Crippen LogP contribution in [0, 0.1) is 19.8 Å². The van der Waals surface area contributed by atoms with Gasteiger partial charge in [0.05, 0.1) is 0 Å². The van der Waals surface area contributed by atoms with Gasteiger partial charge in [0.2, 0.25) is 0 Å². The fourth-order valence-electron chi connectivity index (χ4n) is 1.38. The van der Waals surface area contributed by atoms with Crippen LogP contribution in [0.3, 0.4) is 0 Å². The molecule has 2 N–H and O–H groups in total. The maximum Gasteiger partial charge on any atom is 0.0458 e. The summed E-state index contributed by atoms with van der Waals surface area (Å²) in [5.74, 6) is 0.457. The largest absolute Gasteiger partial charge is 0.396 e. The Morgan fingerprint density at radius 3 is 2.29 bits per heavy atom. The van der Waals surface area contributed by atoms with Crippen molar-refractivity contribution < 1.29 is 37.8 Å². The summed E-state index contributed by atoms with van der Waals surface area (Å²) in [5.41, 5.74) is 0. The summed E-state index contributed by atoms with van der Waals surface area (Å²) < 4.78 is 0. The molecule has 3 heteroatoms. The van der Waals surface area contributed by atoms with Crippen LogP contribution < -0.4 is 5.32 Å². The third kappa shape index (κ3) is 11.1. The van der Waals surface area contributed by atoms with Crippen molar-refractivity contribution in [2.75, 3.05) is 19.7 Å².